The highest BCUT2D eigenvalue weighted by molar-refractivity contribution is 7.99. The Morgan fingerprint density at radius 2 is 1.81 bits per heavy atom. The second-order valence-corrected chi connectivity index (χ2v) is 7.71. The van der Waals surface area contributed by atoms with E-state index in [2.05, 4.69) is 27.6 Å². The summed E-state index contributed by atoms with van der Waals surface area (Å²) >= 11 is 8.78. The van der Waals surface area contributed by atoms with Crippen LogP contribution in [-0.4, -0.2) is 34.2 Å². The minimum absolute atomic E-state index is 0.0603. The highest BCUT2D eigenvalue weighted by Gasteiger charge is 2.11. The summed E-state index contributed by atoms with van der Waals surface area (Å²) in [5.74, 6) is 1.40. The van der Waals surface area contributed by atoms with Crippen LogP contribution in [0.1, 0.15) is 0 Å². The molecule has 3 aromatic rings. The van der Waals surface area contributed by atoms with Crippen molar-refractivity contribution in [3.05, 3.63) is 59.6 Å². The Kier molecular flexibility index (Phi) is 6.99. The van der Waals surface area contributed by atoms with Gasteiger partial charge < -0.3 is 9.73 Å². The summed E-state index contributed by atoms with van der Waals surface area (Å²) in [5, 5.41) is 11.8. The summed E-state index contributed by atoms with van der Waals surface area (Å²) in [4.78, 5) is 13.1. The van der Waals surface area contributed by atoms with Gasteiger partial charge in [0.15, 0.2) is 0 Å². The Balaban J connectivity index is 1.38. The van der Waals surface area contributed by atoms with Gasteiger partial charge in [-0.1, -0.05) is 41.6 Å². The van der Waals surface area contributed by atoms with Crippen molar-refractivity contribution in [1.29, 1.82) is 0 Å². The van der Waals surface area contributed by atoms with Crippen molar-refractivity contribution < 1.29 is 9.21 Å². The Morgan fingerprint density at radius 1 is 1.04 bits per heavy atom. The number of aromatic nitrogens is 2. The van der Waals surface area contributed by atoms with Gasteiger partial charge in [-0.05, 0) is 36.4 Å². The zero-order valence-corrected chi connectivity index (χ0v) is 16.1. The molecule has 0 fully saturated rings. The third kappa shape index (κ3) is 5.79. The highest BCUT2D eigenvalue weighted by atomic mass is 35.5. The number of amides is 1. The first-order chi connectivity index (χ1) is 12.7. The SMILES string of the molecule is O=C(CSc1nnc(-c2ccc(Cl)cc2)o1)NCCSc1ccccc1. The first-order valence-electron chi connectivity index (χ1n) is 7.87. The Bertz CT molecular complexity index is 841. The topological polar surface area (TPSA) is 68.0 Å². The van der Waals surface area contributed by atoms with Crippen molar-refractivity contribution in [2.45, 2.75) is 10.1 Å². The van der Waals surface area contributed by atoms with E-state index in [0.717, 1.165) is 11.3 Å². The number of hydrogen-bond donors (Lipinski definition) is 1. The van der Waals surface area contributed by atoms with Crippen LogP contribution < -0.4 is 5.32 Å². The van der Waals surface area contributed by atoms with Gasteiger partial charge in [-0.2, -0.15) is 0 Å². The Hall–Kier alpha value is -1.96. The molecule has 0 atom stereocenters. The van der Waals surface area contributed by atoms with Gasteiger partial charge in [-0.15, -0.1) is 22.0 Å². The zero-order chi connectivity index (χ0) is 18.2. The number of nitrogens with zero attached hydrogens (tertiary/aromatic N) is 2. The number of halogens is 1. The van der Waals surface area contributed by atoms with E-state index in [1.54, 1.807) is 36.0 Å². The standard InChI is InChI=1S/C18H16ClN3O2S2/c19-14-8-6-13(7-9-14)17-21-22-18(24-17)26-12-16(23)20-10-11-25-15-4-2-1-3-5-15/h1-9H,10-12H2,(H,20,23). The maximum atomic E-state index is 11.9. The summed E-state index contributed by atoms with van der Waals surface area (Å²) in [6, 6.07) is 17.2. The lowest BCUT2D eigenvalue weighted by atomic mass is 10.2. The Morgan fingerprint density at radius 3 is 2.58 bits per heavy atom. The number of carbonyl (C=O) groups is 1. The van der Waals surface area contributed by atoms with Crippen LogP contribution in [0.5, 0.6) is 0 Å². The van der Waals surface area contributed by atoms with E-state index in [9.17, 15) is 4.79 Å². The molecule has 0 bridgehead atoms. The number of rotatable bonds is 8. The van der Waals surface area contributed by atoms with Gasteiger partial charge in [0.25, 0.3) is 5.22 Å². The molecule has 0 aliphatic heterocycles. The molecule has 0 aliphatic rings. The smallest absolute Gasteiger partial charge is 0.277 e. The van der Waals surface area contributed by atoms with Crippen LogP contribution in [0.3, 0.4) is 0 Å². The van der Waals surface area contributed by atoms with E-state index in [1.165, 1.54) is 16.7 Å². The van der Waals surface area contributed by atoms with E-state index in [4.69, 9.17) is 16.0 Å². The molecule has 1 heterocycles. The van der Waals surface area contributed by atoms with E-state index in [-0.39, 0.29) is 11.7 Å². The Labute approximate surface area is 164 Å². The number of thioether (sulfide) groups is 2. The molecule has 134 valence electrons. The van der Waals surface area contributed by atoms with Gasteiger partial charge in [0.05, 0.1) is 5.75 Å². The molecule has 0 spiro atoms. The quantitative estimate of drug-likeness (QED) is 0.442. The van der Waals surface area contributed by atoms with Crippen LogP contribution in [0.4, 0.5) is 0 Å². The lowest BCUT2D eigenvalue weighted by molar-refractivity contribution is -0.118. The summed E-state index contributed by atoms with van der Waals surface area (Å²) in [5.41, 5.74) is 0.788. The predicted octanol–water partition coefficient (Wildman–Crippen LogP) is 4.39. The molecule has 1 amide bonds. The summed E-state index contributed by atoms with van der Waals surface area (Å²) in [6.07, 6.45) is 0. The molecular weight excluding hydrogens is 390 g/mol. The zero-order valence-electron chi connectivity index (χ0n) is 13.7. The molecule has 8 heteroatoms. The molecule has 0 saturated carbocycles. The average Bonchev–Trinajstić information content (AvgIpc) is 3.14. The van der Waals surface area contributed by atoms with Crippen molar-refractivity contribution in [1.82, 2.24) is 15.5 Å². The predicted molar refractivity (Wildman–Crippen MR) is 106 cm³/mol. The first-order valence-corrected chi connectivity index (χ1v) is 10.2. The fraction of sp³-hybridized carbons (Fsp3) is 0.167. The van der Waals surface area contributed by atoms with Crippen LogP contribution in [0.2, 0.25) is 5.02 Å². The number of nitrogens with one attached hydrogen (secondary N) is 1. The number of hydrogen-bond acceptors (Lipinski definition) is 6. The third-order valence-corrected chi connectivity index (χ3v) is 5.34. The summed E-state index contributed by atoms with van der Waals surface area (Å²) < 4.78 is 5.56. The molecule has 0 saturated heterocycles. The molecule has 5 nitrogen and oxygen atoms in total. The monoisotopic (exact) mass is 405 g/mol. The fourth-order valence-electron chi connectivity index (χ4n) is 2.03. The molecule has 0 unspecified atom stereocenters. The van der Waals surface area contributed by atoms with Crippen molar-refractivity contribution in [2.75, 3.05) is 18.1 Å². The van der Waals surface area contributed by atoms with E-state index in [1.807, 2.05) is 18.2 Å². The molecule has 0 radical (unpaired) electrons. The molecule has 1 aromatic heterocycles. The molecule has 1 N–H and O–H groups in total. The van der Waals surface area contributed by atoms with Crippen molar-refractivity contribution in [2.24, 2.45) is 0 Å². The second kappa shape index (κ2) is 9.66. The molecule has 0 aliphatic carbocycles. The van der Waals surface area contributed by atoms with E-state index >= 15 is 0 Å². The van der Waals surface area contributed by atoms with E-state index in [0.29, 0.717) is 22.7 Å². The minimum atomic E-state index is -0.0603. The van der Waals surface area contributed by atoms with Gasteiger partial charge >= 0.3 is 0 Å². The molecule has 3 rings (SSSR count). The largest absolute Gasteiger partial charge is 0.411 e. The number of carbonyl (C=O) groups excluding carboxylic acids is 1. The van der Waals surface area contributed by atoms with Crippen LogP contribution in [0, 0.1) is 0 Å². The summed E-state index contributed by atoms with van der Waals surface area (Å²) in [6.45, 7) is 0.610. The lowest BCUT2D eigenvalue weighted by Crippen LogP contribution is -2.27. The molecular formula is C18H16ClN3O2S2. The first kappa shape index (κ1) is 18.8. The molecule has 26 heavy (non-hydrogen) atoms. The van der Waals surface area contributed by atoms with Gasteiger partial charge in [-0.3, -0.25) is 4.79 Å². The average molecular weight is 406 g/mol. The maximum Gasteiger partial charge on any atom is 0.277 e. The fourth-order valence-corrected chi connectivity index (χ4v) is 3.54. The van der Waals surface area contributed by atoms with Crippen molar-refractivity contribution in [3.8, 4) is 11.5 Å². The molecule has 2 aromatic carbocycles. The van der Waals surface area contributed by atoms with Crippen LogP contribution in [0.25, 0.3) is 11.5 Å². The van der Waals surface area contributed by atoms with Gasteiger partial charge in [0, 0.05) is 27.8 Å². The van der Waals surface area contributed by atoms with Gasteiger partial charge in [0.1, 0.15) is 0 Å². The van der Waals surface area contributed by atoms with Crippen molar-refractivity contribution in [3.63, 3.8) is 0 Å². The minimum Gasteiger partial charge on any atom is -0.411 e. The number of benzene rings is 2. The summed E-state index contributed by atoms with van der Waals surface area (Å²) in [7, 11) is 0. The van der Waals surface area contributed by atoms with Crippen LogP contribution in [0.15, 0.2) is 69.1 Å². The third-order valence-electron chi connectivity index (χ3n) is 3.26. The van der Waals surface area contributed by atoms with Crippen LogP contribution in [-0.2, 0) is 4.79 Å². The van der Waals surface area contributed by atoms with Gasteiger partial charge in [0.2, 0.25) is 11.8 Å². The lowest BCUT2D eigenvalue weighted by Gasteiger charge is -2.04. The van der Waals surface area contributed by atoms with Crippen molar-refractivity contribution >= 4 is 41.0 Å². The maximum absolute atomic E-state index is 11.9. The highest BCUT2D eigenvalue weighted by Crippen LogP contribution is 2.24. The second-order valence-electron chi connectivity index (χ2n) is 5.18. The van der Waals surface area contributed by atoms with Crippen LogP contribution >= 0.6 is 35.1 Å². The van der Waals surface area contributed by atoms with E-state index < -0.39 is 0 Å². The normalized spacial score (nSPS) is 10.7. The van der Waals surface area contributed by atoms with Gasteiger partial charge in [-0.25, -0.2) is 0 Å².